The molecule has 1 aliphatic heterocycles. The number of hydrogen-bond acceptors (Lipinski definition) is 4. The molecule has 1 aliphatic rings. The van der Waals surface area contributed by atoms with Crippen molar-refractivity contribution in [2.75, 3.05) is 27.2 Å². The van der Waals surface area contributed by atoms with Gasteiger partial charge in [-0.1, -0.05) is 0 Å². The van der Waals surface area contributed by atoms with E-state index < -0.39 is 10.0 Å². The van der Waals surface area contributed by atoms with Crippen LogP contribution in [0.2, 0.25) is 0 Å². The van der Waals surface area contributed by atoms with E-state index in [1.165, 1.54) is 10.4 Å². The van der Waals surface area contributed by atoms with Crippen LogP contribution in [0.1, 0.15) is 24.0 Å². The lowest BCUT2D eigenvalue weighted by Gasteiger charge is -2.26. The molecule has 2 rings (SSSR count). The molecule has 0 aliphatic carbocycles. The van der Waals surface area contributed by atoms with E-state index in [-0.39, 0.29) is 10.9 Å². The summed E-state index contributed by atoms with van der Waals surface area (Å²) in [6.07, 6.45) is 2.15. The summed E-state index contributed by atoms with van der Waals surface area (Å²) in [5.41, 5.74) is 1.09. The number of nitriles is 1. The molecule has 0 N–H and O–H groups in total. The molecule has 1 saturated heterocycles. The zero-order valence-corrected chi connectivity index (χ0v) is 13.5. The molecular weight excluding hydrogens is 286 g/mol. The standard InChI is InChI=1S/C15H21N3O2S/c1-12-9-13(10-16)6-7-15(12)21(19,20)18(3)11-14-5-4-8-17(14)2/h6-7,9,14H,4-5,8,11H2,1-3H3. The molecule has 1 aromatic carbocycles. The molecule has 21 heavy (non-hydrogen) atoms. The molecule has 1 heterocycles. The van der Waals surface area contributed by atoms with Gasteiger partial charge in [0.05, 0.1) is 16.5 Å². The fourth-order valence-corrected chi connectivity index (χ4v) is 4.19. The summed E-state index contributed by atoms with van der Waals surface area (Å²) < 4.78 is 26.8. The second kappa shape index (κ2) is 6.14. The Morgan fingerprint density at radius 3 is 2.71 bits per heavy atom. The van der Waals surface area contributed by atoms with Crippen molar-refractivity contribution in [3.8, 4) is 6.07 Å². The van der Waals surface area contributed by atoms with Crippen LogP contribution >= 0.6 is 0 Å². The summed E-state index contributed by atoms with van der Waals surface area (Å²) in [7, 11) is 0.149. The van der Waals surface area contributed by atoms with E-state index >= 15 is 0 Å². The number of aryl methyl sites for hydroxylation is 1. The van der Waals surface area contributed by atoms with E-state index in [1.54, 1.807) is 26.1 Å². The van der Waals surface area contributed by atoms with Crippen molar-refractivity contribution < 1.29 is 8.42 Å². The van der Waals surface area contributed by atoms with Crippen LogP contribution in [0.4, 0.5) is 0 Å². The van der Waals surface area contributed by atoms with Crippen molar-refractivity contribution in [2.24, 2.45) is 0 Å². The van der Waals surface area contributed by atoms with E-state index in [4.69, 9.17) is 5.26 Å². The first-order chi connectivity index (χ1) is 9.86. The molecule has 1 aromatic rings. The fraction of sp³-hybridized carbons (Fsp3) is 0.533. The zero-order valence-electron chi connectivity index (χ0n) is 12.7. The Balaban J connectivity index is 2.23. The van der Waals surface area contributed by atoms with E-state index in [2.05, 4.69) is 4.90 Å². The van der Waals surface area contributed by atoms with Crippen molar-refractivity contribution in [2.45, 2.75) is 30.7 Å². The highest BCUT2D eigenvalue weighted by atomic mass is 32.2. The van der Waals surface area contributed by atoms with Crippen molar-refractivity contribution >= 4 is 10.0 Å². The van der Waals surface area contributed by atoms with Gasteiger partial charge in [-0.25, -0.2) is 8.42 Å². The Bertz CT molecular complexity index is 664. The van der Waals surface area contributed by atoms with Crippen LogP contribution < -0.4 is 0 Å². The number of rotatable bonds is 4. The van der Waals surface area contributed by atoms with Gasteiger partial charge < -0.3 is 4.90 Å². The highest BCUT2D eigenvalue weighted by molar-refractivity contribution is 7.89. The lowest BCUT2D eigenvalue weighted by atomic mass is 10.2. The van der Waals surface area contributed by atoms with Crippen molar-refractivity contribution in [3.63, 3.8) is 0 Å². The van der Waals surface area contributed by atoms with Crippen LogP contribution in [0.15, 0.2) is 23.1 Å². The summed E-state index contributed by atoms with van der Waals surface area (Å²) in [6, 6.07) is 7.00. The summed E-state index contributed by atoms with van der Waals surface area (Å²) in [6.45, 7) is 3.25. The smallest absolute Gasteiger partial charge is 0.243 e. The maximum atomic E-state index is 12.7. The second-order valence-corrected chi connectivity index (χ2v) is 7.67. The quantitative estimate of drug-likeness (QED) is 0.847. The monoisotopic (exact) mass is 307 g/mol. The molecule has 0 spiro atoms. The van der Waals surface area contributed by atoms with Gasteiger partial charge in [0.15, 0.2) is 0 Å². The normalized spacial score (nSPS) is 19.9. The molecule has 0 radical (unpaired) electrons. The van der Waals surface area contributed by atoms with Gasteiger partial charge in [0.2, 0.25) is 10.0 Å². The molecule has 5 nitrogen and oxygen atoms in total. The Kier molecular flexibility index (Phi) is 4.67. The minimum atomic E-state index is -3.51. The molecule has 1 atom stereocenters. The first-order valence-electron chi connectivity index (χ1n) is 7.03. The number of benzene rings is 1. The van der Waals surface area contributed by atoms with Gasteiger partial charge in [-0.2, -0.15) is 9.57 Å². The second-order valence-electron chi connectivity index (χ2n) is 5.65. The fourth-order valence-electron chi connectivity index (χ4n) is 2.78. The molecule has 0 saturated carbocycles. The van der Waals surface area contributed by atoms with E-state index in [0.29, 0.717) is 17.7 Å². The van der Waals surface area contributed by atoms with E-state index in [0.717, 1.165) is 19.4 Å². The highest BCUT2D eigenvalue weighted by Gasteiger charge is 2.28. The number of likely N-dealkylation sites (N-methyl/N-ethyl adjacent to an activating group) is 2. The summed E-state index contributed by atoms with van der Waals surface area (Å²) in [5, 5.41) is 8.87. The molecule has 114 valence electrons. The maximum Gasteiger partial charge on any atom is 0.243 e. The molecule has 6 heteroatoms. The summed E-state index contributed by atoms with van der Waals surface area (Å²) in [4.78, 5) is 2.49. The van der Waals surface area contributed by atoms with Gasteiger partial charge in [0, 0.05) is 19.6 Å². The van der Waals surface area contributed by atoms with Crippen LogP contribution in [0, 0.1) is 18.3 Å². The molecule has 0 amide bonds. The van der Waals surface area contributed by atoms with E-state index in [9.17, 15) is 8.42 Å². The predicted octanol–water partition coefficient (Wildman–Crippen LogP) is 1.58. The minimum Gasteiger partial charge on any atom is -0.302 e. The van der Waals surface area contributed by atoms with Crippen LogP contribution in [-0.2, 0) is 10.0 Å². The largest absolute Gasteiger partial charge is 0.302 e. The minimum absolute atomic E-state index is 0.281. The van der Waals surface area contributed by atoms with Crippen LogP contribution in [0.5, 0.6) is 0 Å². The SMILES string of the molecule is Cc1cc(C#N)ccc1S(=O)(=O)N(C)CC1CCCN1C. The number of nitrogens with zero attached hydrogens (tertiary/aromatic N) is 3. The van der Waals surface area contributed by atoms with Gasteiger partial charge in [0.1, 0.15) is 0 Å². The third-order valence-corrected chi connectivity index (χ3v) is 6.12. The first-order valence-corrected chi connectivity index (χ1v) is 8.47. The molecule has 0 bridgehead atoms. The number of likely N-dealkylation sites (tertiary alicyclic amines) is 1. The third kappa shape index (κ3) is 3.26. The Morgan fingerprint density at radius 1 is 1.48 bits per heavy atom. The van der Waals surface area contributed by atoms with Gasteiger partial charge in [-0.15, -0.1) is 0 Å². The number of sulfonamides is 1. The summed E-state index contributed by atoms with van der Waals surface area (Å²) in [5.74, 6) is 0. The molecular formula is C15H21N3O2S. The lowest BCUT2D eigenvalue weighted by Crippen LogP contribution is -2.39. The van der Waals surface area contributed by atoms with Crippen LogP contribution in [0.3, 0.4) is 0 Å². The van der Waals surface area contributed by atoms with Gasteiger partial charge in [0.25, 0.3) is 0 Å². The Morgan fingerprint density at radius 2 is 2.19 bits per heavy atom. The molecule has 1 unspecified atom stereocenters. The zero-order chi connectivity index (χ0) is 15.6. The Labute approximate surface area is 126 Å². The molecule has 0 aromatic heterocycles. The van der Waals surface area contributed by atoms with E-state index in [1.807, 2.05) is 13.1 Å². The van der Waals surface area contributed by atoms with Crippen molar-refractivity contribution in [3.05, 3.63) is 29.3 Å². The number of hydrogen-bond donors (Lipinski definition) is 0. The van der Waals surface area contributed by atoms with Gasteiger partial charge >= 0.3 is 0 Å². The molecule has 1 fully saturated rings. The topological polar surface area (TPSA) is 64.4 Å². The first kappa shape index (κ1) is 16.0. The Hall–Kier alpha value is -1.42. The van der Waals surface area contributed by atoms with Crippen molar-refractivity contribution in [1.29, 1.82) is 5.26 Å². The third-order valence-electron chi connectivity index (χ3n) is 4.13. The van der Waals surface area contributed by atoms with Crippen molar-refractivity contribution in [1.82, 2.24) is 9.21 Å². The van der Waals surface area contributed by atoms with Gasteiger partial charge in [-0.05, 0) is 57.1 Å². The average Bonchev–Trinajstić information content (AvgIpc) is 2.83. The van der Waals surface area contributed by atoms with Crippen LogP contribution in [-0.4, -0.2) is 50.8 Å². The average molecular weight is 307 g/mol. The lowest BCUT2D eigenvalue weighted by molar-refractivity contribution is 0.271. The maximum absolute atomic E-state index is 12.7. The van der Waals surface area contributed by atoms with Crippen LogP contribution in [0.25, 0.3) is 0 Å². The predicted molar refractivity (Wildman–Crippen MR) is 81.4 cm³/mol. The highest BCUT2D eigenvalue weighted by Crippen LogP contribution is 2.22. The van der Waals surface area contributed by atoms with Gasteiger partial charge in [-0.3, -0.25) is 0 Å². The summed E-state index contributed by atoms with van der Waals surface area (Å²) >= 11 is 0.